The van der Waals surface area contributed by atoms with Crippen LogP contribution in [0, 0.1) is 12.8 Å². The molecule has 0 saturated heterocycles. The van der Waals surface area contributed by atoms with Gasteiger partial charge in [-0.2, -0.15) is 0 Å². The first-order valence-corrected chi connectivity index (χ1v) is 8.81. The predicted octanol–water partition coefficient (Wildman–Crippen LogP) is 3.48. The van der Waals surface area contributed by atoms with E-state index in [0.717, 1.165) is 23.3 Å². The molecule has 0 spiro atoms. The van der Waals surface area contributed by atoms with E-state index in [1.165, 1.54) is 0 Å². The third-order valence-electron chi connectivity index (χ3n) is 4.58. The van der Waals surface area contributed by atoms with Crippen LogP contribution in [0.25, 0.3) is 0 Å². The molecule has 1 aliphatic rings. The molecule has 0 atom stereocenters. The van der Waals surface area contributed by atoms with Gasteiger partial charge in [0.05, 0.1) is 0 Å². The fourth-order valence-corrected chi connectivity index (χ4v) is 3.34. The van der Waals surface area contributed by atoms with Crippen LogP contribution in [0.15, 0.2) is 23.1 Å². The maximum absolute atomic E-state index is 12.6. The maximum Gasteiger partial charge on any atom is 0.329 e. The molecule has 1 aromatic rings. The number of thioether (sulfide) groups is 1. The highest BCUT2D eigenvalue weighted by Crippen LogP contribution is 2.32. The van der Waals surface area contributed by atoms with E-state index in [2.05, 4.69) is 12.2 Å². The van der Waals surface area contributed by atoms with E-state index in [4.69, 9.17) is 0 Å². The van der Waals surface area contributed by atoms with Crippen LogP contribution < -0.4 is 5.32 Å². The normalized spacial score (nSPS) is 24.8. The Hall–Kier alpha value is -1.49. The van der Waals surface area contributed by atoms with E-state index in [-0.39, 0.29) is 5.91 Å². The number of carboxylic acids is 1. The van der Waals surface area contributed by atoms with Crippen LogP contribution in [0.4, 0.5) is 0 Å². The Morgan fingerprint density at radius 1 is 1.32 bits per heavy atom. The largest absolute Gasteiger partial charge is 0.480 e. The van der Waals surface area contributed by atoms with Crippen molar-refractivity contribution < 1.29 is 14.7 Å². The zero-order chi connectivity index (χ0) is 16.3. The quantitative estimate of drug-likeness (QED) is 0.833. The lowest BCUT2D eigenvalue weighted by molar-refractivity contribution is -0.146. The van der Waals surface area contributed by atoms with Crippen molar-refractivity contribution in [2.75, 3.05) is 6.26 Å². The molecular formula is C17H23NO3S. The maximum atomic E-state index is 12.6. The number of aliphatic carboxylic acids is 1. The topological polar surface area (TPSA) is 66.4 Å². The first-order valence-electron chi connectivity index (χ1n) is 7.58. The summed E-state index contributed by atoms with van der Waals surface area (Å²) in [6, 6.07) is 5.69. The van der Waals surface area contributed by atoms with Crippen LogP contribution in [0.2, 0.25) is 0 Å². The molecule has 0 heterocycles. The number of aryl methyl sites for hydroxylation is 1. The summed E-state index contributed by atoms with van der Waals surface area (Å²) in [5.41, 5.74) is 0.303. The summed E-state index contributed by atoms with van der Waals surface area (Å²) >= 11 is 1.56. The highest BCUT2D eigenvalue weighted by Gasteiger charge is 2.42. The first-order chi connectivity index (χ1) is 10.4. The SMILES string of the molecule is CSc1ccc(C)c(C(=O)NC2(C(=O)O)CCC(C)CC2)c1. The van der Waals surface area contributed by atoms with Gasteiger partial charge in [0.1, 0.15) is 5.54 Å². The molecular weight excluding hydrogens is 298 g/mol. The number of amides is 1. The summed E-state index contributed by atoms with van der Waals surface area (Å²) in [6.45, 7) is 4.00. The second-order valence-corrected chi connectivity index (χ2v) is 7.08. The van der Waals surface area contributed by atoms with Crippen molar-refractivity contribution in [3.63, 3.8) is 0 Å². The van der Waals surface area contributed by atoms with E-state index >= 15 is 0 Å². The second kappa shape index (κ2) is 6.73. The number of carboxylic acid groups (broad SMARTS) is 1. The van der Waals surface area contributed by atoms with Crippen molar-refractivity contribution in [2.45, 2.75) is 50.0 Å². The van der Waals surface area contributed by atoms with Crippen LogP contribution in [0.3, 0.4) is 0 Å². The van der Waals surface area contributed by atoms with Crippen LogP contribution in [-0.4, -0.2) is 28.8 Å². The summed E-state index contributed by atoms with van der Waals surface area (Å²) in [5.74, 6) is -0.692. The molecule has 1 saturated carbocycles. The van der Waals surface area contributed by atoms with E-state index in [0.29, 0.717) is 24.3 Å². The third kappa shape index (κ3) is 3.46. The van der Waals surface area contributed by atoms with Gasteiger partial charge in [0.2, 0.25) is 0 Å². The Labute approximate surface area is 135 Å². The van der Waals surface area contributed by atoms with Gasteiger partial charge in [0.15, 0.2) is 0 Å². The van der Waals surface area contributed by atoms with Crippen molar-refractivity contribution >= 4 is 23.6 Å². The third-order valence-corrected chi connectivity index (χ3v) is 5.30. The lowest BCUT2D eigenvalue weighted by atomic mass is 9.77. The Morgan fingerprint density at radius 3 is 2.50 bits per heavy atom. The molecule has 4 nitrogen and oxygen atoms in total. The molecule has 0 bridgehead atoms. The molecule has 22 heavy (non-hydrogen) atoms. The van der Waals surface area contributed by atoms with Gasteiger partial charge in [0.25, 0.3) is 5.91 Å². The highest BCUT2D eigenvalue weighted by atomic mass is 32.2. The highest BCUT2D eigenvalue weighted by molar-refractivity contribution is 7.98. The number of hydrogen-bond acceptors (Lipinski definition) is 3. The lowest BCUT2D eigenvalue weighted by Crippen LogP contribution is -2.56. The Kier molecular flexibility index (Phi) is 5.16. The standard InChI is InChI=1S/C17H23NO3S/c1-11-6-8-17(9-7-11,16(20)21)18-15(19)14-10-13(22-3)5-4-12(14)2/h4-5,10-11H,6-9H2,1-3H3,(H,18,19)(H,20,21). The molecule has 2 N–H and O–H groups in total. The van der Waals surface area contributed by atoms with Crippen molar-refractivity contribution in [3.8, 4) is 0 Å². The minimum absolute atomic E-state index is 0.287. The monoisotopic (exact) mass is 321 g/mol. The molecule has 0 unspecified atom stereocenters. The minimum Gasteiger partial charge on any atom is -0.480 e. The molecule has 1 fully saturated rings. The van der Waals surface area contributed by atoms with E-state index in [1.807, 2.05) is 31.4 Å². The van der Waals surface area contributed by atoms with Gasteiger partial charge in [-0.05, 0) is 62.5 Å². The second-order valence-electron chi connectivity index (χ2n) is 6.20. The van der Waals surface area contributed by atoms with E-state index in [9.17, 15) is 14.7 Å². The van der Waals surface area contributed by atoms with Crippen molar-refractivity contribution in [2.24, 2.45) is 5.92 Å². The fourth-order valence-electron chi connectivity index (χ4n) is 2.90. The number of hydrogen-bond donors (Lipinski definition) is 2. The Bertz CT molecular complexity index is 577. The van der Waals surface area contributed by atoms with Gasteiger partial charge in [-0.1, -0.05) is 13.0 Å². The summed E-state index contributed by atoms with van der Waals surface area (Å²) in [6.07, 6.45) is 4.60. The summed E-state index contributed by atoms with van der Waals surface area (Å²) in [7, 11) is 0. The first kappa shape index (κ1) is 16.9. The molecule has 2 rings (SSSR count). The van der Waals surface area contributed by atoms with Gasteiger partial charge < -0.3 is 10.4 Å². The number of carbonyl (C=O) groups excluding carboxylic acids is 1. The average molecular weight is 321 g/mol. The number of rotatable bonds is 4. The van der Waals surface area contributed by atoms with Gasteiger partial charge >= 0.3 is 5.97 Å². The summed E-state index contributed by atoms with van der Waals surface area (Å²) < 4.78 is 0. The van der Waals surface area contributed by atoms with Crippen molar-refractivity contribution in [1.29, 1.82) is 0 Å². The molecule has 0 radical (unpaired) electrons. The molecule has 1 amide bonds. The molecule has 120 valence electrons. The molecule has 5 heteroatoms. The molecule has 1 aromatic carbocycles. The predicted molar refractivity (Wildman–Crippen MR) is 88.4 cm³/mol. The Balaban J connectivity index is 2.24. The Morgan fingerprint density at radius 2 is 1.95 bits per heavy atom. The van der Waals surface area contributed by atoms with Crippen molar-refractivity contribution in [3.05, 3.63) is 29.3 Å². The molecule has 0 aliphatic heterocycles. The zero-order valence-corrected chi connectivity index (χ0v) is 14.1. The van der Waals surface area contributed by atoms with Gasteiger partial charge in [-0.25, -0.2) is 4.79 Å². The molecule has 0 aromatic heterocycles. The molecule has 1 aliphatic carbocycles. The minimum atomic E-state index is -1.12. The number of nitrogens with one attached hydrogen (secondary N) is 1. The average Bonchev–Trinajstić information content (AvgIpc) is 2.50. The van der Waals surface area contributed by atoms with Gasteiger partial charge in [0, 0.05) is 10.5 Å². The van der Waals surface area contributed by atoms with Gasteiger partial charge in [-0.3, -0.25) is 4.79 Å². The van der Waals surface area contributed by atoms with E-state index < -0.39 is 11.5 Å². The smallest absolute Gasteiger partial charge is 0.329 e. The van der Waals surface area contributed by atoms with Crippen LogP contribution in [0.5, 0.6) is 0 Å². The zero-order valence-electron chi connectivity index (χ0n) is 13.3. The van der Waals surface area contributed by atoms with Crippen LogP contribution in [0.1, 0.15) is 48.5 Å². The van der Waals surface area contributed by atoms with Crippen LogP contribution >= 0.6 is 11.8 Å². The fraction of sp³-hybridized carbons (Fsp3) is 0.529. The summed E-state index contributed by atoms with van der Waals surface area (Å²) in [5, 5.41) is 12.4. The number of benzene rings is 1. The summed E-state index contributed by atoms with van der Waals surface area (Å²) in [4.78, 5) is 25.3. The van der Waals surface area contributed by atoms with Crippen LogP contribution in [-0.2, 0) is 4.79 Å². The number of carbonyl (C=O) groups is 2. The van der Waals surface area contributed by atoms with Crippen molar-refractivity contribution in [1.82, 2.24) is 5.32 Å². The lowest BCUT2D eigenvalue weighted by Gasteiger charge is -2.36. The van der Waals surface area contributed by atoms with Gasteiger partial charge in [-0.15, -0.1) is 11.8 Å². The van der Waals surface area contributed by atoms with E-state index in [1.54, 1.807) is 11.8 Å².